The molecule has 0 heterocycles. The Morgan fingerprint density at radius 3 is 2.00 bits per heavy atom. The molecule has 5 heavy (non-hydrogen) atoms. The van der Waals surface area contributed by atoms with Gasteiger partial charge >= 0.3 is 0 Å². The molecule has 4 heteroatoms. The van der Waals surface area contributed by atoms with Gasteiger partial charge in [-0.2, -0.15) is 0 Å². The van der Waals surface area contributed by atoms with E-state index in [0.29, 0.717) is 11.9 Å². The zero-order valence-corrected chi connectivity index (χ0v) is 3.29. The van der Waals surface area contributed by atoms with Gasteiger partial charge in [0.25, 0.3) is 5.24 Å². The van der Waals surface area contributed by atoms with E-state index < -0.39 is 5.24 Å². The van der Waals surface area contributed by atoms with Crippen molar-refractivity contribution in [1.29, 1.82) is 0 Å². The molecule has 0 atom stereocenters. The SMILES string of the molecule is NSC(N)=O. The number of rotatable bonds is 0. The summed E-state index contributed by atoms with van der Waals surface area (Å²) >= 11 is 0.519. The lowest BCUT2D eigenvalue weighted by atomic mass is 11.5. The van der Waals surface area contributed by atoms with Crippen LogP contribution in [0.4, 0.5) is 4.79 Å². The minimum Gasteiger partial charge on any atom is -0.359 e. The van der Waals surface area contributed by atoms with Crippen molar-refractivity contribution in [3.8, 4) is 0 Å². The second-order valence-electron chi connectivity index (χ2n) is 0.437. The van der Waals surface area contributed by atoms with Crippen molar-refractivity contribution >= 4 is 17.2 Å². The van der Waals surface area contributed by atoms with E-state index in [1.807, 2.05) is 0 Å². The summed E-state index contributed by atoms with van der Waals surface area (Å²) in [5, 5.41) is 4.06. The minimum absolute atomic E-state index is 0.519. The summed E-state index contributed by atoms with van der Waals surface area (Å²) in [5.41, 5.74) is 4.49. The van der Waals surface area contributed by atoms with Crippen molar-refractivity contribution in [2.24, 2.45) is 10.9 Å². The first-order valence-corrected chi connectivity index (χ1v) is 1.81. The molecule has 0 rings (SSSR count). The van der Waals surface area contributed by atoms with Gasteiger partial charge < -0.3 is 5.73 Å². The Hall–Kier alpha value is -0.220. The third-order valence-corrected chi connectivity index (χ3v) is 0.348. The van der Waals surface area contributed by atoms with Crippen molar-refractivity contribution in [1.82, 2.24) is 0 Å². The van der Waals surface area contributed by atoms with Crippen molar-refractivity contribution in [3.63, 3.8) is 0 Å². The summed E-state index contributed by atoms with van der Waals surface area (Å²) in [6, 6.07) is 0. The number of amides is 1. The monoisotopic (exact) mass is 92.0 g/mol. The lowest BCUT2D eigenvalue weighted by Gasteiger charge is -1.73. The van der Waals surface area contributed by atoms with Gasteiger partial charge in [0.05, 0.1) is 0 Å². The number of hydrogen-bond acceptors (Lipinski definition) is 3. The maximum absolute atomic E-state index is 9.43. The van der Waals surface area contributed by atoms with Gasteiger partial charge in [0, 0.05) is 11.9 Å². The van der Waals surface area contributed by atoms with Crippen LogP contribution in [-0.2, 0) is 0 Å². The average molecular weight is 92.1 g/mol. The normalized spacial score (nSPS) is 7.40. The molecule has 0 saturated heterocycles. The molecule has 30 valence electrons. The van der Waals surface area contributed by atoms with E-state index in [4.69, 9.17) is 0 Å². The van der Waals surface area contributed by atoms with Gasteiger partial charge in [0.2, 0.25) is 0 Å². The summed E-state index contributed by atoms with van der Waals surface area (Å²) < 4.78 is 0. The van der Waals surface area contributed by atoms with Crippen LogP contribution in [-0.4, -0.2) is 5.24 Å². The van der Waals surface area contributed by atoms with E-state index in [9.17, 15) is 4.79 Å². The molecule has 0 aromatic heterocycles. The number of nitrogens with two attached hydrogens (primary N) is 2. The van der Waals surface area contributed by atoms with Crippen LogP contribution in [0.2, 0.25) is 0 Å². The first kappa shape index (κ1) is 4.78. The predicted octanol–water partition coefficient (Wildman–Crippen LogP) is -0.328. The topological polar surface area (TPSA) is 69.1 Å². The summed E-state index contributed by atoms with van der Waals surface area (Å²) in [4.78, 5) is 9.43. The zero-order chi connectivity index (χ0) is 4.28. The summed E-state index contributed by atoms with van der Waals surface area (Å²) in [6.07, 6.45) is 0. The molecule has 0 aliphatic carbocycles. The quantitative estimate of drug-likeness (QED) is 0.402. The first-order valence-electron chi connectivity index (χ1n) is 0.933. The zero-order valence-electron chi connectivity index (χ0n) is 2.47. The van der Waals surface area contributed by atoms with Crippen molar-refractivity contribution in [3.05, 3.63) is 0 Å². The molecule has 0 bridgehead atoms. The fourth-order valence-corrected chi connectivity index (χ4v) is 0. The van der Waals surface area contributed by atoms with E-state index in [-0.39, 0.29) is 0 Å². The molecule has 0 unspecified atom stereocenters. The molecule has 1 amide bonds. The van der Waals surface area contributed by atoms with E-state index in [1.165, 1.54) is 0 Å². The van der Waals surface area contributed by atoms with Crippen LogP contribution < -0.4 is 10.9 Å². The van der Waals surface area contributed by atoms with Crippen molar-refractivity contribution in [2.75, 3.05) is 0 Å². The van der Waals surface area contributed by atoms with E-state index in [1.54, 1.807) is 0 Å². The molecule has 0 aromatic carbocycles. The van der Waals surface area contributed by atoms with Gasteiger partial charge in [0.1, 0.15) is 0 Å². The van der Waals surface area contributed by atoms with Crippen LogP contribution in [0.5, 0.6) is 0 Å². The van der Waals surface area contributed by atoms with Gasteiger partial charge in [0.15, 0.2) is 0 Å². The number of hydrogen-bond donors (Lipinski definition) is 2. The number of carbonyl (C=O) groups is 1. The van der Waals surface area contributed by atoms with Crippen LogP contribution in [0, 0.1) is 0 Å². The van der Waals surface area contributed by atoms with E-state index in [2.05, 4.69) is 10.9 Å². The highest BCUT2D eigenvalue weighted by molar-refractivity contribution is 8.11. The molecular formula is CH4N2OS. The fourth-order valence-electron chi connectivity index (χ4n) is 0. The average Bonchev–Trinajstić information content (AvgIpc) is 1.38. The molecule has 3 nitrogen and oxygen atoms in total. The second kappa shape index (κ2) is 2.04. The second-order valence-corrected chi connectivity index (χ2v) is 1.07. The first-order chi connectivity index (χ1) is 2.27. The third kappa shape index (κ3) is 3.78. The maximum atomic E-state index is 9.43. The summed E-state index contributed by atoms with van der Waals surface area (Å²) in [7, 11) is 0. The van der Waals surface area contributed by atoms with Gasteiger partial charge in [-0.25, -0.2) is 0 Å². The summed E-state index contributed by atoms with van der Waals surface area (Å²) in [6.45, 7) is 0. The molecule has 0 aromatic rings. The highest BCUT2D eigenvalue weighted by Gasteiger charge is 1.78. The molecule has 4 N–H and O–H groups in total. The molecule has 0 fully saturated rings. The fraction of sp³-hybridized carbons (Fsp3) is 0. The molecule has 0 radical (unpaired) electrons. The van der Waals surface area contributed by atoms with E-state index >= 15 is 0 Å². The Kier molecular flexibility index (Phi) is 1.95. The van der Waals surface area contributed by atoms with Gasteiger partial charge in [-0.1, -0.05) is 0 Å². The molecule has 0 saturated carbocycles. The Balaban J connectivity index is 2.85. The van der Waals surface area contributed by atoms with Crippen LogP contribution in [0.1, 0.15) is 0 Å². The molecule has 0 spiro atoms. The van der Waals surface area contributed by atoms with Gasteiger partial charge in [-0.15, -0.1) is 0 Å². The highest BCUT2D eigenvalue weighted by Crippen LogP contribution is 1.77. The molecule has 0 aliphatic rings. The smallest absolute Gasteiger partial charge is 0.291 e. The van der Waals surface area contributed by atoms with Crippen LogP contribution in [0.25, 0.3) is 0 Å². The summed E-state index contributed by atoms with van der Waals surface area (Å²) in [5.74, 6) is 0. The highest BCUT2D eigenvalue weighted by atomic mass is 32.2. The van der Waals surface area contributed by atoms with Gasteiger partial charge in [-0.05, 0) is 0 Å². The Morgan fingerprint density at radius 2 is 2.00 bits per heavy atom. The van der Waals surface area contributed by atoms with E-state index in [0.717, 1.165) is 0 Å². The van der Waals surface area contributed by atoms with Crippen molar-refractivity contribution < 1.29 is 4.79 Å². The minimum atomic E-state index is -0.551. The number of primary amides is 1. The lowest BCUT2D eigenvalue weighted by molar-refractivity contribution is 0.267. The Labute approximate surface area is 33.8 Å². The van der Waals surface area contributed by atoms with Gasteiger partial charge in [-0.3, -0.25) is 9.93 Å². The Bertz CT molecular complexity index is 44.9. The lowest BCUT2D eigenvalue weighted by Crippen LogP contribution is -2.04. The molecular weight excluding hydrogens is 88.1 g/mol. The standard InChI is InChI=1S/CH4N2OS/c2-1(4)5-3/h3H2,(H2,2,4). The molecule has 0 aliphatic heterocycles. The largest absolute Gasteiger partial charge is 0.359 e. The third-order valence-electron chi connectivity index (χ3n) is 0.116. The Morgan fingerprint density at radius 1 is 1.80 bits per heavy atom. The van der Waals surface area contributed by atoms with Crippen LogP contribution in [0.3, 0.4) is 0 Å². The van der Waals surface area contributed by atoms with Crippen LogP contribution >= 0.6 is 11.9 Å². The van der Waals surface area contributed by atoms with Crippen LogP contribution in [0.15, 0.2) is 0 Å². The number of carbonyl (C=O) groups excluding carboxylic acids is 1. The maximum Gasteiger partial charge on any atom is 0.291 e. The predicted molar refractivity (Wildman–Crippen MR) is 21.4 cm³/mol. The van der Waals surface area contributed by atoms with Crippen molar-refractivity contribution in [2.45, 2.75) is 0 Å².